The molecule has 0 heterocycles. The lowest BCUT2D eigenvalue weighted by Crippen LogP contribution is -2.42. The fourth-order valence-corrected chi connectivity index (χ4v) is 3.59. The van der Waals surface area contributed by atoms with Crippen molar-refractivity contribution in [3.05, 3.63) is 0 Å². The van der Waals surface area contributed by atoms with Crippen LogP contribution in [-0.4, -0.2) is 17.8 Å². The molecule has 2 rings (SSSR count). The molecule has 2 bridgehead atoms. The molecule has 2 aliphatic rings. The Morgan fingerprint density at radius 1 is 1.38 bits per heavy atom. The van der Waals surface area contributed by atoms with Crippen LogP contribution in [0, 0.1) is 23.7 Å². The van der Waals surface area contributed by atoms with Crippen molar-refractivity contribution >= 4 is 17.5 Å². The number of carbonyl (C=O) groups excluding carboxylic acids is 1. The minimum absolute atomic E-state index is 0.0669. The summed E-state index contributed by atoms with van der Waals surface area (Å²) in [4.78, 5) is 11.8. The Morgan fingerprint density at radius 2 is 2.12 bits per heavy atom. The quantitative estimate of drug-likeness (QED) is 0.756. The first-order valence-corrected chi connectivity index (χ1v) is 7.01. The molecule has 0 aromatic carbocycles. The van der Waals surface area contributed by atoms with Gasteiger partial charge in [0, 0.05) is 17.8 Å². The Hall–Kier alpha value is -0.240. The van der Waals surface area contributed by atoms with Gasteiger partial charge in [-0.1, -0.05) is 13.3 Å². The van der Waals surface area contributed by atoms with Gasteiger partial charge in [-0.25, -0.2) is 0 Å². The molecule has 0 spiro atoms. The Balaban J connectivity index is 1.84. The number of hydrogen-bond donors (Lipinski definition) is 1. The molecule has 0 saturated heterocycles. The summed E-state index contributed by atoms with van der Waals surface area (Å²) >= 11 is 5.69. The topological polar surface area (TPSA) is 29.1 Å². The molecule has 2 aliphatic carbocycles. The van der Waals surface area contributed by atoms with E-state index in [9.17, 15) is 4.79 Å². The van der Waals surface area contributed by atoms with Crippen LogP contribution < -0.4 is 5.32 Å². The summed E-state index contributed by atoms with van der Waals surface area (Å²) in [5.41, 5.74) is 0. The molecular weight excluding hydrogens is 222 g/mol. The van der Waals surface area contributed by atoms with E-state index in [1.807, 2.05) is 6.92 Å². The number of hydrogen-bond acceptors (Lipinski definition) is 1. The molecule has 2 fully saturated rings. The van der Waals surface area contributed by atoms with Crippen LogP contribution in [0.2, 0.25) is 0 Å². The van der Waals surface area contributed by atoms with Crippen molar-refractivity contribution in [3.63, 3.8) is 0 Å². The average Bonchev–Trinajstić information content (AvgIpc) is 2.89. The second kappa shape index (κ2) is 4.95. The zero-order chi connectivity index (χ0) is 11.7. The first-order chi connectivity index (χ1) is 7.61. The molecule has 5 atom stereocenters. The SMILES string of the molecule is CC(CCl)C(=O)NC(C)C1CC2CCC1C2. The van der Waals surface area contributed by atoms with Gasteiger partial charge in [-0.05, 0) is 43.9 Å². The number of carbonyl (C=O) groups is 1. The van der Waals surface area contributed by atoms with E-state index in [2.05, 4.69) is 12.2 Å². The molecule has 92 valence electrons. The smallest absolute Gasteiger partial charge is 0.224 e. The molecule has 0 aliphatic heterocycles. The van der Waals surface area contributed by atoms with Crippen LogP contribution >= 0.6 is 11.6 Å². The monoisotopic (exact) mass is 243 g/mol. The van der Waals surface area contributed by atoms with Gasteiger partial charge in [0.1, 0.15) is 0 Å². The highest BCUT2D eigenvalue weighted by Crippen LogP contribution is 2.49. The standard InChI is InChI=1S/C13H22ClNO/c1-8(7-14)13(16)15-9(2)12-6-10-3-4-11(12)5-10/h8-12H,3-7H2,1-2H3,(H,15,16). The van der Waals surface area contributed by atoms with Crippen LogP contribution in [0.3, 0.4) is 0 Å². The average molecular weight is 244 g/mol. The second-order valence-corrected chi connectivity index (χ2v) is 6.00. The van der Waals surface area contributed by atoms with Gasteiger partial charge in [0.25, 0.3) is 0 Å². The zero-order valence-electron chi connectivity index (χ0n) is 10.2. The predicted molar refractivity (Wildman–Crippen MR) is 66.4 cm³/mol. The number of halogens is 1. The molecular formula is C13H22ClNO. The minimum atomic E-state index is -0.0669. The van der Waals surface area contributed by atoms with E-state index in [1.165, 1.54) is 25.7 Å². The molecule has 5 unspecified atom stereocenters. The van der Waals surface area contributed by atoms with E-state index in [1.54, 1.807) is 0 Å². The largest absolute Gasteiger partial charge is 0.353 e. The number of rotatable bonds is 4. The summed E-state index contributed by atoms with van der Waals surface area (Å²) < 4.78 is 0. The summed E-state index contributed by atoms with van der Waals surface area (Å²) in [6.45, 7) is 4.04. The van der Waals surface area contributed by atoms with Gasteiger partial charge >= 0.3 is 0 Å². The highest BCUT2D eigenvalue weighted by molar-refractivity contribution is 6.19. The van der Waals surface area contributed by atoms with Gasteiger partial charge < -0.3 is 5.32 Å². The lowest BCUT2D eigenvalue weighted by atomic mass is 9.84. The second-order valence-electron chi connectivity index (χ2n) is 5.69. The van der Waals surface area contributed by atoms with E-state index in [-0.39, 0.29) is 11.8 Å². The Morgan fingerprint density at radius 3 is 2.62 bits per heavy atom. The normalized spacial score (nSPS) is 36.1. The van der Waals surface area contributed by atoms with E-state index in [0.717, 1.165) is 11.8 Å². The van der Waals surface area contributed by atoms with Crippen LogP contribution in [0.15, 0.2) is 0 Å². The fraction of sp³-hybridized carbons (Fsp3) is 0.923. The number of alkyl halides is 1. The Labute approximate surface area is 103 Å². The third kappa shape index (κ3) is 2.37. The molecule has 1 amide bonds. The molecule has 0 aromatic rings. The Bertz CT molecular complexity index is 269. The maximum atomic E-state index is 11.8. The van der Waals surface area contributed by atoms with Crippen molar-refractivity contribution in [3.8, 4) is 0 Å². The van der Waals surface area contributed by atoms with Crippen molar-refractivity contribution in [2.75, 3.05) is 5.88 Å². The first kappa shape index (κ1) is 12.2. The van der Waals surface area contributed by atoms with Crippen LogP contribution in [0.1, 0.15) is 39.5 Å². The lowest BCUT2D eigenvalue weighted by molar-refractivity contribution is -0.125. The molecule has 3 heteroatoms. The van der Waals surface area contributed by atoms with Crippen LogP contribution in [0.5, 0.6) is 0 Å². The number of fused-ring (bicyclic) bond motifs is 2. The van der Waals surface area contributed by atoms with E-state index in [0.29, 0.717) is 17.8 Å². The van der Waals surface area contributed by atoms with E-state index >= 15 is 0 Å². The van der Waals surface area contributed by atoms with E-state index in [4.69, 9.17) is 11.6 Å². The van der Waals surface area contributed by atoms with Gasteiger partial charge in [0.2, 0.25) is 5.91 Å². The molecule has 0 radical (unpaired) electrons. The fourth-order valence-electron chi connectivity index (χ4n) is 3.45. The molecule has 2 saturated carbocycles. The molecule has 2 nitrogen and oxygen atoms in total. The number of amides is 1. The molecule has 16 heavy (non-hydrogen) atoms. The summed E-state index contributed by atoms with van der Waals surface area (Å²) in [7, 11) is 0. The third-order valence-electron chi connectivity index (χ3n) is 4.48. The summed E-state index contributed by atoms with van der Waals surface area (Å²) in [6.07, 6.45) is 5.51. The van der Waals surface area contributed by atoms with Gasteiger partial charge in [-0.2, -0.15) is 0 Å². The Kier molecular flexibility index (Phi) is 3.78. The highest BCUT2D eigenvalue weighted by Gasteiger charge is 2.42. The van der Waals surface area contributed by atoms with Gasteiger partial charge in [-0.3, -0.25) is 4.79 Å². The van der Waals surface area contributed by atoms with Crippen LogP contribution in [0.4, 0.5) is 0 Å². The van der Waals surface area contributed by atoms with Crippen molar-refractivity contribution in [1.29, 1.82) is 0 Å². The van der Waals surface area contributed by atoms with Crippen molar-refractivity contribution in [1.82, 2.24) is 5.32 Å². The van der Waals surface area contributed by atoms with Gasteiger partial charge in [-0.15, -0.1) is 11.6 Å². The minimum Gasteiger partial charge on any atom is -0.353 e. The van der Waals surface area contributed by atoms with Gasteiger partial charge in [0.05, 0.1) is 0 Å². The molecule has 0 aromatic heterocycles. The zero-order valence-corrected chi connectivity index (χ0v) is 11.0. The predicted octanol–water partition coefficient (Wildman–Crippen LogP) is 2.80. The van der Waals surface area contributed by atoms with E-state index < -0.39 is 0 Å². The maximum Gasteiger partial charge on any atom is 0.224 e. The van der Waals surface area contributed by atoms with Crippen LogP contribution in [-0.2, 0) is 4.79 Å². The summed E-state index contributed by atoms with van der Waals surface area (Å²) in [5, 5.41) is 3.13. The van der Waals surface area contributed by atoms with Crippen molar-refractivity contribution < 1.29 is 4.79 Å². The third-order valence-corrected chi connectivity index (χ3v) is 4.95. The highest BCUT2D eigenvalue weighted by atomic mass is 35.5. The first-order valence-electron chi connectivity index (χ1n) is 6.48. The van der Waals surface area contributed by atoms with Crippen molar-refractivity contribution in [2.24, 2.45) is 23.7 Å². The van der Waals surface area contributed by atoms with Gasteiger partial charge in [0.15, 0.2) is 0 Å². The summed E-state index contributed by atoms with van der Waals surface area (Å²) in [6, 6.07) is 0.327. The van der Waals surface area contributed by atoms with Crippen LogP contribution in [0.25, 0.3) is 0 Å². The van der Waals surface area contributed by atoms with Crippen molar-refractivity contribution in [2.45, 2.75) is 45.6 Å². The maximum absolute atomic E-state index is 11.8. The number of nitrogens with one attached hydrogen (secondary N) is 1. The lowest BCUT2D eigenvalue weighted by Gasteiger charge is -2.29. The molecule has 1 N–H and O–H groups in total. The summed E-state index contributed by atoms with van der Waals surface area (Å²) in [5.74, 6) is 2.99.